The number of urea groups is 1. The fourth-order valence-corrected chi connectivity index (χ4v) is 6.38. The molecule has 2 fully saturated rings. The van der Waals surface area contributed by atoms with E-state index in [4.69, 9.17) is 9.47 Å². The van der Waals surface area contributed by atoms with Crippen LogP contribution in [-0.4, -0.2) is 87.1 Å². The summed E-state index contributed by atoms with van der Waals surface area (Å²) in [4.78, 5) is 56.5. The normalized spacial score (nSPS) is 20.1. The Bertz CT molecular complexity index is 1680. The molecule has 0 spiro atoms. The number of amides is 4. The molecule has 3 unspecified atom stereocenters. The second kappa shape index (κ2) is 14.4. The van der Waals surface area contributed by atoms with Crippen molar-refractivity contribution in [1.29, 1.82) is 0 Å². The third-order valence-electron chi connectivity index (χ3n) is 8.56. The number of nitrogens with zero attached hydrogens (tertiary/aromatic N) is 4. The van der Waals surface area contributed by atoms with Gasteiger partial charge in [0, 0.05) is 43.3 Å². The van der Waals surface area contributed by atoms with Crippen LogP contribution >= 0.6 is 0 Å². The van der Waals surface area contributed by atoms with E-state index in [1.54, 1.807) is 76.8 Å². The van der Waals surface area contributed by atoms with Gasteiger partial charge in [-0.05, 0) is 109 Å². The Morgan fingerprint density at radius 1 is 0.878 bits per heavy atom. The van der Waals surface area contributed by atoms with Crippen LogP contribution in [0, 0.1) is 17.7 Å². The number of nitrogens with one attached hydrogen (secondary N) is 2. The first-order chi connectivity index (χ1) is 23.0. The Morgan fingerprint density at radius 3 is 2.27 bits per heavy atom. The van der Waals surface area contributed by atoms with E-state index in [-0.39, 0.29) is 24.2 Å². The van der Waals surface area contributed by atoms with Crippen LogP contribution in [0.2, 0.25) is 0 Å². The summed E-state index contributed by atoms with van der Waals surface area (Å²) in [6.07, 6.45) is 3.27. The molecule has 3 atom stereocenters. The maximum Gasteiger partial charge on any atom is 0.435 e. The number of piperidine rings is 2. The maximum absolute atomic E-state index is 14.2. The number of carbonyl (C=O) groups is 4. The van der Waals surface area contributed by atoms with Gasteiger partial charge in [-0.1, -0.05) is 12.1 Å². The van der Waals surface area contributed by atoms with Gasteiger partial charge in [0.15, 0.2) is 0 Å². The van der Waals surface area contributed by atoms with E-state index in [9.17, 15) is 23.6 Å². The van der Waals surface area contributed by atoms with Gasteiger partial charge in [-0.25, -0.2) is 18.8 Å². The van der Waals surface area contributed by atoms with E-state index >= 15 is 0 Å². The lowest BCUT2D eigenvalue weighted by molar-refractivity contribution is -0.140. The lowest BCUT2D eigenvalue weighted by Gasteiger charge is -2.42. The van der Waals surface area contributed by atoms with Crippen molar-refractivity contribution in [2.24, 2.45) is 11.8 Å². The molecular weight excluding hydrogens is 631 g/mol. The highest BCUT2D eigenvalue weighted by Gasteiger charge is 2.41. The molecule has 1 aromatic heterocycles. The van der Waals surface area contributed by atoms with Crippen LogP contribution in [0.5, 0.6) is 0 Å². The molecule has 2 aromatic carbocycles. The number of aromatic nitrogens is 2. The predicted octanol–water partition coefficient (Wildman–Crippen LogP) is 6.19. The summed E-state index contributed by atoms with van der Waals surface area (Å²) in [5, 5.41) is 10.6. The van der Waals surface area contributed by atoms with E-state index in [2.05, 4.69) is 15.7 Å². The summed E-state index contributed by atoms with van der Waals surface area (Å²) >= 11 is 0. The number of anilines is 1. The molecule has 3 heterocycles. The van der Waals surface area contributed by atoms with Crippen molar-refractivity contribution in [3.8, 4) is 0 Å². The molecule has 264 valence electrons. The number of hydrogen-bond donors (Lipinski definition) is 2. The molecule has 2 N–H and O–H groups in total. The van der Waals surface area contributed by atoms with Crippen LogP contribution in [-0.2, 0) is 20.7 Å². The molecule has 3 aromatic rings. The Kier molecular flexibility index (Phi) is 10.5. The summed E-state index contributed by atoms with van der Waals surface area (Å²) < 4.78 is 25.7. The van der Waals surface area contributed by atoms with E-state index in [1.165, 1.54) is 23.0 Å². The molecule has 4 amide bonds. The first-order valence-corrected chi connectivity index (χ1v) is 16.8. The lowest BCUT2D eigenvalue weighted by Crippen LogP contribution is -2.59. The van der Waals surface area contributed by atoms with Gasteiger partial charge in [-0.3, -0.25) is 4.79 Å². The molecule has 12 nitrogen and oxygen atoms in total. The van der Waals surface area contributed by atoms with E-state index < -0.39 is 41.4 Å². The Balaban J connectivity index is 1.28. The maximum atomic E-state index is 14.2. The SMILES string of the molecule is CC(C)(C)OC(=O)N1CCC(NC(=O)Nc2ccc3c(cnn3C(=O)OC(C)(C)C)c2)C(C(=O)N2CCCC(Cc3ccc(F)cc3)C2)C1. The Morgan fingerprint density at radius 2 is 1.57 bits per heavy atom. The number of halogens is 1. The van der Waals surface area contributed by atoms with Gasteiger partial charge in [0.05, 0.1) is 17.6 Å². The predicted molar refractivity (Wildman–Crippen MR) is 183 cm³/mol. The molecule has 49 heavy (non-hydrogen) atoms. The fourth-order valence-electron chi connectivity index (χ4n) is 6.38. The van der Waals surface area contributed by atoms with Gasteiger partial charge in [0.2, 0.25) is 5.91 Å². The van der Waals surface area contributed by atoms with Crippen molar-refractivity contribution in [2.45, 2.75) is 84.5 Å². The first-order valence-electron chi connectivity index (χ1n) is 16.8. The van der Waals surface area contributed by atoms with Crippen LogP contribution in [0.25, 0.3) is 10.9 Å². The Labute approximate surface area is 286 Å². The van der Waals surface area contributed by atoms with Crippen LogP contribution in [0.3, 0.4) is 0 Å². The van der Waals surface area contributed by atoms with Gasteiger partial charge in [-0.2, -0.15) is 9.78 Å². The smallest absolute Gasteiger partial charge is 0.435 e. The molecule has 2 aliphatic heterocycles. The molecule has 0 radical (unpaired) electrons. The van der Waals surface area contributed by atoms with Gasteiger partial charge < -0.3 is 29.9 Å². The highest BCUT2D eigenvalue weighted by Crippen LogP contribution is 2.27. The quantitative estimate of drug-likeness (QED) is 0.329. The van der Waals surface area contributed by atoms with Crippen molar-refractivity contribution in [3.05, 3.63) is 60.0 Å². The standard InChI is InChI=1S/C36H47FN6O6/c1-35(2,3)48-33(46)42-17-15-29(28(22-42)31(44)41-16-7-8-24(21-41)18-23-9-11-26(37)12-10-23)40-32(45)39-27-13-14-30-25(19-27)20-38-43(30)34(47)49-36(4,5)6/h9-14,19-20,24,28-29H,7-8,15-18,21-22H2,1-6H3,(H2,39,40,45). The van der Waals surface area contributed by atoms with Crippen molar-refractivity contribution in [2.75, 3.05) is 31.5 Å². The molecule has 5 rings (SSSR count). The summed E-state index contributed by atoms with van der Waals surface area (Å²) in [6, 6.07) is 10.4. The summed E-state index contributed by atoms with van der Waals surface area (Å²) in [5.74, 6) is -0.893. The van der Waals surface area contributed by atoms with Crippen molar-refractivity contribution in [3.63, 3.8) is 0 Å². The van der Waals surface area contributed by atoms with Crippen LogP contribution in [0.4, 0.5) is 24.5 Å². The molecular formula is C36H47FN6O6. The lowest BCUT2D eigenvalue weighted by atomic mass is 9.87. The summed E-state index contributed by atoms with van der Waals surface area (Å²) in [6.45, 7) is 12.2. The minimum atomic E-state index is -0.698. The third kappa shape index (κ3) is 9.48. The van der Waals surface area contributed by atoms with Crippen molar-refractivity contribution >= 4 is 40.7 Å². The second-order valence-electron chi connectivity index (χ2n) is 15.0. The molecule has 2 aliphatic rings. The minimum Gasteiger partial charge on any atom is -0.444 e. The molecule has 0 aliphatic carbocycles. The molecule has 2 saturated heterocycles. The van der Waals surface area contributed by atoms with Crippen LogP contribution in [0.1, 0.15) is 66.4 Å². The van der Waals surface area contributed by atoms with Crippen molar-refractivity contribution in [1.82, 2.24) is 24.9 Å². The minimum absolute atomic E-state index is 0.105. The van der Waals surface area contributed by atoms with E-state index in [1.807, 2.05) is 4.90 Å². The second-order valence-corrected chi connectivity index (χ2v) is 15.0. The number of hydrogen-bond acceptors (Lipinski definition) is 7. The zero-order valence-corrected chi connectivity index (χ0v) is 29.1. The molecule has 0 saturated carbocycles. The van der Waals surface area contributed by atoms with Gasteiger partial charge in [-0.15, -0.1) is 0 Å². The fraction of sp³-hybridized carbons (Fsp3) is 0.528. The summed E-state index contributed by atoms with van der Waals surface area (Å²) in [5.41, 5.74) is 0.635. The van der Waals surface area contributed by atoms with Gasteiger partial charge in [0.1, 0.15) is 17.0 Å². The number of ether oxygens (including phenoxy) is 2. The average Bonchev–Trinajstić information content (AvgIpc) is 3.44. The largest absolute Gasteiger partial charge is 0.444 e. The van der Waals surface area contributed by atoms with Gasteiger partial charge in [0.25, 0.3) is 0 Å². The number of fused-ring (bicyclic) bond motifs is 1. The average molecular weight is 679 g/mol. The molecule has 13 heteroatoms. The highest BCUT2D eigenvalue weighted by molar-refractivity contribution is 5.95. The zero-order chi connectivity index (χ0) is 35.5. The Hall–Kier alpha value is -4.68. The topological polar surface area (TPSA) is 135 Å². The van der Waals surface area contributed by atoms with E-state index in [0.717, 1.165) is 24.8 Å². The monoisotopic (exact) mass is 678 g/mol. The van der Waals surface area contributed by atoms with Gasteiger partial charge >= 0.3 is 18.2 Å². The first kappa shape index (κ1) is 35.6. The van der Waals surface area contributed by atoms with E-state index in [0.29, 0.717) is 42.6 Å². The zero-order valence-electron chi connectivity index (χ0n) is 29.1. The molecule has 0 bridgehead atoms. The number of benzene rings is 2. The van der Waals surface area contributed by atoms with Crippen molar-refractivity contribution < 1.29 is 33.0 Å². The summed E-state index contributed by atoms with van der Waals surface area (Å²) in [7, 11) is 0. The van der Waals surface area contributed by atoms with Crippen LogP contribution < -0.4 is 10.6 Å². The third-order valence-corrected chi connectivity index (χ3v) is 8.56. The number of carbonyl (C=O) groups excluding carboxylic acids is 4. The van der Waals surface area contributed by atoms with Crippen LogP contribution in [0.15, 0.2) is 48.7 Å². The number of rotatable bonds is 5. The highest BCUT2D eigenvalue weighted by atomic mass is 19.1. The number of likely N-dealkylation sites (tertiary alicyclic amines) is 2.